The van der Waals surface area contributed by atoms with Gasteiger partial charge in [0.2, 0.25) is 0 Å². The van der Waals surface area contributed by atoms with E-state index >= 15 is 0 Å². The van der Waals surface area contributed by atoms with E-state index in [9.17, 15) is 13.2 Å². The highest BCUT2D eigenvalue weighted by Gasteiger charge is 2.30. The van der Waals surface area contributed by atoms with Crippen molar-refractivity contribution < 1.29 is 8.42 Å². The Kier molecular flexibility index (Phi) is 5.67. The number of halogens is 2. The second-order valence-electron chi connectivity index (χ2n) is 5.84. The number of hydrogen-bond donors (Lipinski definition) is 1. The second-order valence-corrected chi connectivity index (χ2v) is 8.29. The van der Waals surface area contributed by atoms with Gasteiger partial charge in [-0.25, -0.2) is 9.67 Å². The molecule has 0 radical (unpaired) electrons. The average Bonchev–Trinajstić information content (AvgIpc) is 2.67. The van der Waals surface area contributed by atoms with Gasteiger partial charge < -0.3 is 0 Å². The summed E-state index contributed by atoms with van der Waals surface area (Å²) in [4.78, 5) is 16.0. The van der Waals surface area contributed by atoms with E-state index in [1.807, 2.05) is 6.07 Å². The fraction of sp³-hybridized carbons (Fsp3) is 0.333. The maximum atomic E-state index is 12.5. The minimum Gasteiger partial charge on any atom is -0.269 e. The van der Waals surface area contributed by atoms with Gasteiger partial charge in [-0.2, -0.15) is 23.1 Å². The molecule has 0 amide bonds. The highest BCUT2D eigenvalue weighted by molar-refractivity contribution is 7.90. The van der Waals surface area contributed by atoms with Crippen LogP contribution in [0.4, 0.5) is 5.69 Å². The van der Waals surface area contributed by atoms with Crippen LogP contribution in [0.2, 0.25) is 10.0 Å². The van der Waals surface area contributed by atoms with Crippen LogP contribution in [0, 0.1) is 11.3 Å². The van der Waals surface area contributed by atoms with E-state index in [-0.39, 0.29) is 40.6 Å². The quantitative estimate of drug-likeness (QED) is 0.792. The average molecular weight is 429 g/mol. The zero-order chi connectivity index (χ0) is 19.6. The number of piperidine rings is 1. The molecule has 142 valence electrons. The number of aromatic nitrogens is 3. The van der Waals surface area contributed by atoms with Crippen molar-refractivity contribution in [2.24, 2.45) is 0 Å². The Morgan fingerprint density at radius 1 is 1.22 bits per heavy atom. The summed E-state index contributed by atoms with van der Waals surface area (Å²) < 4.78 is 30.0. The van der Waals surface area contributed by atoms with E-state index in [2.05, 4.69) is 14.8 Å². The van der Waals surface area contributed by atoms with Crippen LogP contribution in [0.5, 0.6) is 0 Å². The molecule has 27 heavy (non-hydrogen) atoms. The summed E-state index contributed by atoms with van der Waals surface area (Å²) in [6.07, 6.45) is 3.38. The lowest BCUT2D eigenvalue weighted by atomic mass is 10.1. The molecule has 3 heterocycles. The molecule has 1 aliphatic rings. The number of nitrogens with zero attached hydrogens (tertiary/aromatic N) is 5. The molecule has 0 saturated carbocycles. The lowest BCUT2D eigenvalue weighted by Gasteiger charge is -2.31. The number of pyridine rings is 1. The summed E-state index contributed by atoms with van der Waals surface area (Å²) in [5.74, 6) is 0. The van der Waals surface area contributed by atoms with Gasteiger partial charge in [0, 0.05) is 13.1 Å². The van der Waals surface area contributed by atoms with E-state index in [0.717, 1.165) is 0 Å². The molecule has 1 fully saturated rings. The zero-order valence-corrected chi connectivity index (χ0v) is 16.2. The first kappa shape index (κ1) is 19.6. The molecule has 1 N–H and O–H groups in total. The number of anilines is 1. The Bertz CT molecular complexity index is 1040. The van der Waals surface area contributed by atoms with Crippen molar-refractivity contribution in [3.8, 4) is 6.07 Å². The summed E-state index contributed by atoms with van der Waals surface area (Å²) >= 11 is 11.6. The van der Waals surface area contributed by atoms with Gasteiger partial charge in [-0.05, 0) is 25.0 Å². The Labute approximate surface area is 165 Å². The Morgan fingerprint density at radius 3 is 2.52 bits per heavy atom. The predicted molar refractivity (Wildman–Crippen MR) is 99.9 cm³/mol. The largest absolute Gasteiger partial charge is 0.301 e. The van der Waals surface area contributed by atoms with Gasteiger partial charge in [0.1, 0.15) is 16.8 Å². The Balaban J connectivity index is 1.68. The Hall–Kier alpha value is -2.19. The number of nitriles is 1. The molecular formula is C15H14Cl2N6O3S. The zero-order valence-electron chi connectivity index (χ0n) is 13.8. The van der Waals surface area contributed by atoms with Crippen molar-refractivity contribution in [2.45, 2.75) is 18.9 Å². The van der Waals surface area contributed by atoms with E-state index in [0.29, 0.717) is 12.8 Å². The lowest BCUT2D eigenvalue weighted by molar-refractivity contribution is 0.256. The first-order valence-electron chi connectivity index (χ1n) is 7.88. The molecule has 0 bridgehead atoms. The first-order valence-corrected chi connectivity index (χ1v) is 10.1. The van der Waals surface area contributed by atoms with Crippen LogP contribution in [0.3, 0.4) is 0 Å². The third-order valence-electron chi connectivity index (χ3n) is 4.14. The van der Waals surface area contributed by atoms with Crippen LogP contribution in [-0.4, -0.2) is 40.6 Å². The number of nitrogens with one attached hydrogen (secondary N) is 1. The second kappa shape index (κ2) is 7.82. The first-order chi connectivity index (χ1) is 12.8. The van der Waals surface area contributed by atoms with Crippen molar-refractivity contribution in [3.05, 3.63) is 50.6 Å². The molecule has 0 atom stereocenters. The van der Waals surface area contributed by atoms with E-state index < -0.39 is 15.8 Å². The summed E-state index contributed by atoms with van der Waals surface area (Å²) in [6.45, 7) is 0.413. The van der Waals surface area contributed by atoms with Crippen LogP contribution >= 0.6 is 23.2 Å². The molecule has 0 spiro atoms. The van der Waals surface area contributed by atoms with Crippen LogP contribution in [-0.2, 0) is 10.2 Å². The third kappa shape index (κ3) is 4.22. The van der Waals surface area contributed by atoms with Gasteiger partial charge in [0.05, 0.1) is 29.1 Å². The lowest BCUT2D eigenvalue weighted by Crippen LogP contribution is -2.43. The summed E-state index contributed by atoms with van der Waals surface area (Å²) in [6, 6.07) is 4.48. The molecule has 1 aliphatic heterocycles. The normalized spacial score (nSPS) is 16.0. The fourth-order valence-corrected chi connectivity index (χ4v) is 4.24. The number of rotatable bonds is 4. The SMILES string of the molecule is N#Cc1ccc(NS(=O)(=O)N2CCC(n3ncc(Cl)c(Cl)c3=O)CC2)cn1. The molecule has 0 aromatic carbocycles. The molecular weight excluding hydrogens is 415 g/mol. The smallest absolute Gasteiger partial charge is 0.269 e. The highest BCUT2D eigenvalue weighted by atomic mass is 35.5. The van der Waals surface area contributed by atoms with Crippen LogP contribution in [0.1, 0.15) is 24.6 Å². The maximum Gasteiger partial charge on any atom is 0.301 e. The summed E-state index contributed by atoms with van der Waals surface area (Å²) in [5.41, 5.74) is -0.0379. The van der Waals surface area contributed by atoms with Gasteiger partial charge in [0.15, 0.2) is 0 Å². The van der Waals surface area contributed by atoms with Crippen LogP contribution < -0.4 is 10.3 Å². The Morgan fingerprint density at radius 2 is 1.93 bits per heavy atom. The van der Waals surface area contributed by atoms with Gasteiger partial charge in [-0.3, -0.25) is 9.52 Å². The van der Waals surface area contributed by atoms with Gasteiger partial charge in [-0.15, -0.1) is 0 Å². The number of hydrogen-bond acceptors (Lipinski definition) is 6. The monoisotopic (exact) mass is 428 g/mol. The minimum atomic E-state index is -3.78. The summed E-state index contributed by atoms with van der Waals surface area (Å²) in [7, 11) is -3.78. The minimum absolute atomic E-state index is 0.0816. The van der Waals surface area contributed by atoms with Gasteiger partial charge in [0.25, 0.3) is 5.56 Å². The van der Waals surface area contributed by atoms with Crippen molar-refractivity contribution in [1.82, 2.24) is 19.1 Å². The van der Waals surface area contributed by atoms with E-state index in [4.69, 9.17) is 28.5 Å². The summed E-state index contributed by atoms with van der Waals surface area (Å²) in [5, 5.41) is 12.7. The van der Waals surface area contributed by atoms with E-state index in [1.54, 1.807) is 0 Å². The van der Waals surface area contributed by atoms with E-state index in [1.165, 1.54) is 33.5 Å². The molecule has 1 saturated heterocycles. The molecule has 9 nitrogen and oxygen atoms in total. The van der Waals surface area contributed by atoms with Crippen LogP contribution in [0.25, 0.3) is 0 Å². The van der Waals surface area contributed by atoms with Gasteiger partial charge >= 0.3 is 10.2 Å². The van der Waals surface area contributed by atoms with Crippen molar-refractivity contribution in [2.75, 3.05) is 17.8 Å². The van der Waals surface area contributed by atoms with Crippen molar-refractivity contribution in [3.63, 3.8) is 0 Å². The van der Waals surface area contributed by atoms with Crippen molar-refractivity contribution in [1.29, 1.82) is 5.26 Å². The molecule has 2 aromatic rings. The third-order valence-corrected chi connectivity index (χ3v) is 6.42. The van der Waals surface area contributed by atoms with Crippen molar-refractivity contribution >= 4 is 39.1 Å². The molecule has 0 unspecified atom stereocenters. The van der Waals surface area contributed by atoms with Gasteiger partial charge in [-0.1, -0.05) is 23.2 Å². The van der Waals surface area contributed by atoms with Crippen LogP contribution in [0.15, 0.2) is 29.3 Å². The standard InChI is InChI=1S/C15H14Cl2N6O3S/c16-13-9-20-23(15(24)14(13)17)12-3-5-22(6-4-12)27(25,26)21-11-2-1-10(7-18)19-8-11/h1-2,8-9,12,21H,3-6H2. The molecule has 3 rings (SSSR count). The predicted octanol–water partition coefficient (Wildman–Crippen LogP) is 1.81. The highest BCUT2D eigenvalue weighted by Crippen LogP contribution is 2.24. The maximum absolute atomic E-state index is 12.5. The molecule has 12 heteroatoms. The molecule has 0 aliphatic carbocycles. The molecule has 2 aromatic heterocycles. The topological polar surface area (TPSA) is 121 Å². The fourth-order valence-electron chi connectivity index (χ4n) is 2.75.